The standard InChI is InChI=1S/C13H20N4O3/c1-4-17-12(11(14)8(2)15-17)13(19)20-7-10(18)16(3)9-5-6-9/h9H,4-7,14H2,1-3H3. The van der Waals surface area contributed by atoms with E-state index in [2.05, 4.69) is 5.10 Å². The van der Waals surface area contributed by atoms with Crippen molar-refractivity contribution < 1.29 is 14.3 Å². The predicted octanol–water partition coefficient (Wildman–Crippen LogP) is 0.571. The molecule has 0 aromatic carbocycles. The van der Waals surface area contributed by atoms with Gasteiger partial charge in [-0.3, -0.25) is 9.48 Å². The Kier molecular flexibility index (Phi) is 3.96. The first-order chi connectivity index (χ1) is 9.45. The van der Waals surface area contributed by atoms with E-state index in [4.69, 9.17) is 10.5 Å². The Labute approximate surface area is 117 Å². The first kappa shape index (κ1) is 14.4. The zero-order valence-corrected chi connectivity index (χ0v) is 12.0. The molecule has 0 radical (unpaired) electrons. The molecular weight excluding hydrogens is 260 g/mol. The molecule has 0 aliphatic heterocycles. The van der Waals surface area contributed by atoms with Crippen molar-refractivity contribution in [1.29, 1.82) is 0 Å². The molecule has 1 amide bonds. The number of nitrogen functional groups attached to an aromatic ring is 1. The molecule has 0 spiro atoms. The first-order valence-corrected chi connectivity index (χ1v) is 6.71. The van der Waals surface area contributed by atoms with Crippen molar-refractivity contribution in [3.8, 4) is 0 Å². The second kappa shape index (κ2) is 5.52. The Hall–Kier alpha value is -2.05. The number of nitrogens with zero attached hydrogens (tertiary/aromatic N) is 3. The summed E-state index contributed by atoms with van der Waals surface area (Å²) in [6.07, 6.45) is 2.04. The number of carbonyl (C=O) groups excluding carboxylic acids is 2. The number of ether oxygens (including phenoxy) is 1. The molecule has 0 saturated heterocycles. The third-order valence-electron chi connectivity index (χ3n) is 3.48. The molecule has 7 heteroatoms. The van der Waals surface area contributed by atoms with E-state index in [1.165, 1.54) is 4.68 Å². The number of amides is 1. The van der Waals surface area contributed by atoms with Crippen molar-refractivity contribution in [2.75, 3.05) is 19.4 Å². The number of aromatic nitrogens is 2. The van der Waals surface area contributed by atoms with Crippen LogP contribution >= 0.6 is 0 Å². The van der Waals surface area contributed by atoms with Crippen LogP contribution < -0.4 is 5.73 Å². The highest BCUT2D eigenvalue weighted by Gasteiger charge is 2.30. The summed E-state index contributed by atoms with van der Waals surface area (Å²) >= 11 is 0. The lowest BCUT2D eigenvalue weighted by Gasteiger charge is -2.16. The topological polar surface area (TPSA) is 90.5 Å². The third kappa shape index (κ3) is 2.76. The maximum atomic E-state index is 12.0. The lowest BCUT2D eigenvalue weighted by molar-refractivity contribution is -0.133. The number of hydrogen-bond acceptors (Lipinski definition) is 5. The van der Waals surface area contributed by atoms with E-state index in [9.17, 15) is 9.59 Å². The van der Waals surface area contributed by atoms with Crippen LogP contribution in [-0.4, -0.2) is 46.3 Å². The predicted molar refractivity (Wildman–Crippen MR) is 73.1 cm³/mol. The molecule has 7 nitrogen and oxygen atoms in total. The van der Waals surface area contributed by atoms with Gasteiger partial charge in [0, 0.05) is 19.6 Å². The Morgan fingerprint density at radius 2 is 2.15 bits per heavy atom. The summed E-state index contributed by atoms with van der Waals surface area (Å²) in [5.41, 5.74) is 6.93. The Bertz CT molecular complexity index is 534. The number of rotatable bonds is 5. The van der Waals surface area contributed by atoms with E-state index in [0.717, 1.165) is 12.8 Å². The van der Waals surface area contributed by atoms with Gasteiger partial charge in [-0.15, -0.1) is 0 Å². The second-order valence-corrected chi connectivity index (χ2v) is 4.98. The number of hydrogen-bond donors (Lipinski definition) is 1. The van der Waals surface area contributed by atoms with E-state index in [1.807, 2.05) is 6.92 Å². The van der Waals surface area contributed by atoms with Gasteiger partial charge in [0.15, 0.2) is 12.3 Å². The van der Waals surface area contributed by atoms with E-state index in [-0.39, 0.29) is 18.2 Å². The van der Waals surface area contributed by atoms with Crippen LogP contribution in [0.15, 0.2) is 0 Å². The molecular formula is C13H20N4O3. The zero-order valence-electron chi connectivity index (χ0n) is 12.0. The quantitative estimate of drug-likeness (QED) is 0.796. The highest BCUT2D eigenvalue weighted by molar-refractivity contribution is 5.95. The average Bonchev–Trinajstić information content (AvgIpc) is 3.23. The Morgan fingerprint density at radius 1 is 1.50 bits per heavy atom. The molecule has 2 rings (SSSR count). The molecule has 1 fully saturated rings. The smallest absolute Gasteiger partial charge is 0.359 e. The molecule has 2 N–H and O–H groups in total. The summed E-state index contributed by atoms with van der Waals surface area (Å²) in [7, 11) is 1.72. The minimum Gasteiger partial charge on any atom is -0.451 e. The molecule has 20 heavy (non-hydrogen) atoms. The lowest BCUT2D eigenvalue weighted by Crippen LogP contribution is -2.33. The maximum Gasteiger partial charge on any atom is 0.359 e. The van der Waals surface area contributed by atoms with Crippen LogP contribution in [0.3, 0.4) is 0 Å². The van der Waals surface area contributed by atoms with Crippen LogP contribution in [0.4, 0.5) is 5.69 Å². The van der Waals surface area contributed by atoms with Crippen molar-refractivity contribution in [2.24, 2.45) is 0 Å². The molecule has 1 heterocycles. The Balaban J connectivity index is 1.99. The van der Waals surface area contributed by atoms with Crippen LogP contribution in [0.5, 0.6) is 0 Å². The molecule has 110 valence electrons. The van der Waals surface area contributed by atoms with Gasteiger partial charge in [-0.2, -0.15) is 5.10 Å². The van der Waals surface area contributed by atoms with Gasteiger partial charge in [-0.05, 0) is 26.7 Å². The van der Waals surface area contributed by atoms with Gasteiger partial charge in [0.2, 0.25) is 0 Å². The van der Waals surface area contributed by atoms with Gasteiger partial charge in [-0.25, -0.2) is 4.79 Å². The largest absolute Gasteiger partial charge is 0.451 e. The molecule has 1 aliphatic carbocycles. The van der Waals surface area contributed by atoms with Gasteiger partial charge in [0.25, 0.3) is 5.91 Å². The van der Waals surface area contributed by atoms with E-state index < -0.39 is 5.97 Å². The molecule has 1 aromatic heterocycles. The summed E-state index contributed by atoms with van der Waals surface area (Å²) in [6, 6.07) is 0.301. The van der Waals surface area contributed by atoms with E-state index >= 15 is 0 Å². The minimum absolute atomic E-state index is 0.196. The van der Waals surface area contributed by atoms with Crippen molar-refractivity contribution in [3.63, 3.8) is 0 Å². The van der Waals surface area contributed by atoms with Crippen molar-refractivity contribution in [3.05, 3.63) is 11.4 Å². The average molecular weight is 280 g/mol. The fourth-order valence-corrected chi connectivity index (χ4v) is 2.00. The second-order valence-electron chi connectivity index (χ2n) is 4.98. The lowest BCUT2D eigenvalue weighted by atomic mass is 10.3. The van der Waals surface area contributed by atoms with Crippen LogP contribution in [0.1, 0.15) is 35.9 Å². The van der Waals surface area contributed by atoms with E-state index in [0.29, 0.717) is 24.0 Å². The highest BCUT2D eigenvalue weighted by atomic mass is 16.5. The van der Waals surface area contributed by atoms with Gasteiger partial charge >= 0.3 is 5.97 Å². The van der Waals surface area contributed by atoms with Gasteiger partial charge in [0.1, 0.15) is 0 Å². The fourth-order valence-electron chi connectivity index (χ4n) is 2.00. The molecule has 1 saturated carbocycles. The number of carbonyl (C=O) groups is 2. The summed E-state index contributed by atoms with van der Waals surface area (Å²) in [5.74, 6) is -0.804. The van der Waals surface area contributed by atoms with E-state index in [1.54, 1.807) is 18.9 Å². The molecule has 0 atom stereocenters. The number of anilines is 1. The number of nitrogens with two attached hydrogens (primary N) is 1. The van der Waals surface area contributed by atoms with Crippen LogP contribution in [0.2, 0.25) is 0 Å². The minimum atomic E-state index is -0.609. The Morgan fingerprint density at radius 3 is 2.70 bits per heavy atom. The zero-order chi connectivity index (χ0) is 14.9. The summed E-state index contributed by atoms with van der Waals surface area (Å²) in [5, 5.41) is 4.15. The van der Waals surface area contributed by atoms with Crippen molar-refractivity contribution in [1.82, 2.24) is 14.7 Å². The van der Waals surface area contributed by atoms with Crippen molar-refractivity contribution >= 4 is 17.6 Å². The van der Waals surface area contributed by atoms with Crippen LogP contribution in [-0.2, 0) is 16.1 Å². The van der Waals surface area contributed by atoms with Gasteiger partial charge in [-0.1, -0.05) is 0 Å². The first-order valence-electron chi connectivity index (χ1n) is 6.71. The van der Waals surface area contributed by atoms with Gasteiger partial charge in [0.05, 0.1) is 11.4 Å². The molecule has 0 bridgehead atoms. The number of esters is 1. The number of likely N-dealkylation sites (N-methyl/N-ethyl adjacent to an activating group) is 1. The molecule has 1 aromatic rings. The van der Waals surface area contributed by atoms with Crippen LogP contribution in [0.25, 0.3) is 0 Å². The monoisotopic (exact) mass is 280 g/mol. The summed E-state index contributed by atoms with van der Waals surface area (Å²) in [4.78, 5) is 25.5. The highest BCUT2D eigenvalue weighted by Crippen LogP contribution is 2.25. The van der Waals surface area contributed by atoms with Crippen molar-refractivity contribution in [2.45, 2.75) is 39.3 Å². The summed E-state index contributed by atoms with van der Waals surface area (Å²) < 4.78 is 6.54. The third-order valence-corrected chi connectivity index (χ3v) is 3.48. The van der Waals surface area contributed by atoms with Crippen LogP contribution in [0, 0.1) is 6.92 Å². The fraction of sp³-hybridized carbons (Fsp3) is 0.615. The van der Waals surface area contributed by atoms with Gasteiger partial charge < -0.3 is 15.4 Å². The number of aryl methyl sites for hydroxylation is 2. The SMILES string of the molecule is CCn1nc(C)c(N)c1C(=O)OCC(=O)N(C)C1CC1. The molecule has 0 unspecified atom stereocenters. The maximum absolute atomic E-state index is 12.0. The summed E-state index contributed by atoms with van der Waals surface area (Å²) in [6.45, 7) is 3.83. The normalized spacial score (nSPS) is 14.2. The molecule has 1 aliphatic rings.